The molecule has 0 aromatic heterocycles. The molecule has 2 rings (SSSR count). The van der Waals surface area contributed by atoms with Gasteiger partial charge in [-0.25, -0.2) is 4.79 Å². The van der Waals surface area contributed by atoms with Crippen molar-refractivity contribution in [3.63, 3.8) is 0 Å². The predicted molar refractivity (Wildman–Crippen MR) is 76.1 cm³/mol. The van der Waals surface area contributed by atoms with Crippen LogP contribution in [0.3, 0.4) is 0 Å². The van der Waals surface area contributed by atoms with Gasteiger partial charge in [0.05, 0.1) is 6.04 Å². The Morgan fingerprint density at radius 2 is 2.11 bits per heavy atom. The number of aryl methyl sites for hydroxylation is 1. The highest BCUT2D eigenvalue weighted by atomic mass is 16.6. The van der Waals surface area contributed by atoms with Crippen LogP contribution in [0.2, 0.25) is 0 Å². The summed E-state index contributed by atoms with van der Waals surface area (Å²) in [7, 11) is 0. The van der Waals surface area contributed by atoms with E-state index in [1.54, 1.807) is 0 Å². The first-order chi connectivity index (χ1) is 8.87. The van der Waals surface area contributed by atoms with Gasteiger partial charge in [-0.2, -0.15) is 0 Å². The number of rotatable bonds is 1. The van der Waals surface area contributed by atoms with Crippen molar-refractivity contribution in [3.05, 3.63) is 35.4 Å². The van der Waals surface area contributed by atoms with Gasteiger partial charge in [-0.1, -0.05) is 29.8 Å². The van der Waals surface area contributed by atoms with E-state index in [4.69, 9.17) is 4.74 Å². The third-order valence-electron chi connectivity index (χ3n) is 3.31. The molecule has 0 radical (unpaired) electrons. The molecular formula is C16H23NO2. The first-order valence-corrected chi connectivity index (χ1v) is 6.93. The molecule has 19 heavy (non-hydrogen) atoms. The summed E-state index contributed by atoms with van der Waals surface area (Å²) >= 11 is 0. The van der Waals surface area contributed by atoms with Crippen molar-refractivity contribution < 1.29 is 9.53 Å². The summed E-state index contributed by atoms with van der Waals surface area (Å²) in [5.41, 5.74) is 2.01. The minimum atomic E-state index is -0.434. The normalized spacial score (nSPS) is 19.6. The maximum atomic E-state index is 12.2. The molecule has 1 aromatic carbocycles. The molecule has 0 N–H and O–H groups in total. The Balaban J connectivity index is 2.15. The fourth-order valence-corrected chi connectivity index (χ4v) is 2.53. The molecule has 1 heterocycles. The van der Waals surface area contributed by atoms with E-state index in [0.29, 0.717) is 0 Å². The average molecular weight is 261 g/mol. The third-order valence-corrected chi connectivity index (χ3v) is 3.31. The van der Waals surface area contributed by atoms with E-state index in [9.17, 15) is 4.79 Å². The summed E-state index contributed by atoms with van der Waals surface area (Å²) < 4.78 is 5.49. The molecule has 1 amide bonds. The molecule has 1 aliphatic heterocycles. The number of hydrogen-bond donors (Lipinski definition) is 0. The first kappa shape index (κ1) is 13.9. The maximum Gasteiger partial charge on any atom is 0.410 e. The van der Waals surface area contributed by atoms with Crippen molar-refractivity contribution in [1.82, 2.24) is 4.90 Å². The van der Waals surface area contributed by atoms with Gasteiger partial charge >= 0.3 is 6.09 Å². The maximum absolute atomic E-state index is 12.2. The van der Waals surface area contributed by atoms with E-state index >= 15 is 0 Å². The lowest BCUT2D eigenvalue weighted by Gasteiger charge is -2.29. The molecule has 1 saturated heterocycles. The average Bonchev–Trinajstić information content (AvgIpc) is 2.75. The lowest BCUT2D eigenvalue weighted by atomic mass is 10.0. The SMILES string of the molecule is Cc1cccc(C2CCCN2C(=O)OC(C)(C)C)c1. The molecule has 0 spiro atoms. The largest absolute Gasteiger partial charge is 0.444 e. The van der Waals surface area contributed by atoms with E-state index < -0.39 is 5.60 Å². The van der Waals surface area contributed by atoms with Crippen molar-refractivity contribution in [2.75, 3.05) is 6.54 Å². The number of nitrogens with zero attached hydrogens (tertiary/aromatic N) is 1. The van der Waals surface area contributed by atoms with Crippen LogP contribution in [0.1, 0.15) is 50.8 Å². The van der Waals surface area contributed by atoms with Crippen LogP contribution in [0.4, 0.5) is 4.79 Å². The van der Waals surface area contributed by atoms with E-state index in [2.05, 4.69) is 31.2 Å². The van der Waals surface area contributed by atoms with Crippen LogP contribution in [0.15, 0.2) is 24.3 Å². The first-order valence-electron chi connectivity index (χ1n) is 6.93. The van der Waals surface area contributed by atoms with Gasteiger partial charge < -0.3 is 9.64 Å². The van der Waals surface area contributed by atoms with Crippen molar-refractivity contribution in [2.24, 2.45) is 0 Å². The topological polar surface area (TPSA) is 29.5 Å². The van der Waals surface area contributed by atoms with E-state index in [0.717, 1.165) is 19.4 Å². The smallest absolute Gasteiger partial charge is 0.410 e. The second-order valence-electron chi connectivity index (χ2n) is 6.25. The number of benzene rings is 1. The highest BCUT2D eigenvalue weighted by Crippen LogP contribution is 2.33. The molecule has 3 heteroatoms. The second-order valence-corrected chi connectivity index (χ2v) is 6.25. The number of ether oxygens (including phenoxy) is 1. The lowest BCUT2D eigenvalue weighted by Crippen LogP contribution is -2.36. The van der Waals surface area contributed by atoms with Gasteiger partial charge in [0.1, 0.15) is 5.60 Å². The monoisotopic (exact) mass is 261 g/mol. The molecule has 1 fully saturated rings. The number of carbonyl (C=O) groups excluding carboxylic acids is 1. The number of amides is 1. The summed E-state index contributed by atoms with van der Waals surface area (Å²) in [4.78, 5) is 14.1. The fraction of sp³-hybridized carbons (Fsp3) is 0.562. The molecule has 1 atom stereocenters. The highest BCUT2D eigenvalue weighted by molar-refractivity contribution is 5.69. The third kappa shape index (κ3) is 3.49. The van der Waals surface area contributed by atoms with Crippen LogP contribution in [0, 0.1) is 6.92 Å². The van der Waals surface area contributed by atoms with Gasteiger partial charge in [0.15, 0.2) is 0 Å². The zero-order valence-electron chi connectivity index (χ0n) is 12.3. The number of hydrogen-bond acceptors (Lipinski definition) is 2. The molecule has 1 aliphatic rings. The Kier molecular flexibility index (Phi) is 3.83. The molecule has 1 unspecified atom stereocenters. The zero-order chi connectivity index (χ0) is 14.0. The summed E-state index contributed by atoms with van der Waals surface area (Å²) in [6, 6.07) is 8.55. The van der Waals surface area contributed by atoms with E-state index in [1.807, 2.05) is 25.7 Å². The van der Waals surface area contributed by atoms with Crippen LogP contribution in [-0.2, 0) is 4.74 Å². The molecular weight excluding hydrogens is 238 g/mol. The quantitative estimate of drug-likeness (QED) is 0.762. The molecule has 0 saturated carbocycles. The summed E-state index contributed by atoms with van der Waals surface area (Å²) in [6.45, 7) is 8.58. The van der Waals surface area contributed by atoms with Crippen molar-refractivity contribution in [2.45, 2.75) is 52.2 Å². The van der Waals surface area contributed by atoms with Crippen LogP contribution < -0.4 is 0 Å². The Labute approximate surface area is 115 Å². The number of carbonyl (C=O) groups is 1. The van der Waals surface area contributed by atoms with Gasteiger partial charge in [-0.15, -0.1) is 0 Å². The predicted octanol–water partition coefficient (Wildman–Crippen LogP) is 4.07. The van der Waals surface area contributed by atoms with Gasteiger partial charge in [-0.05, 0) is 46.1 Å². The minimum absolute atomic E-state index is 0.162. The summed E-state index contributed by atoms with van der Waals surface area (Å²) in [6.07, 6.45) is 1.86. The van der Waals surface area contributed by atoms with E-state index in [1.165, 1.54) is 11.1 Å². The Morgan fingerprint density at radius 1 is 1.37 bits per heavy atom. The molecule has 104 valence electrons. The molecule has 0 bridgehead atoms. The molecule has 0 aliphatic carbocycles. The standard InChI is InChI=1S/C16H23NO2/c1-12-7-5-8-13(11-12)14-9-6-10-17(14)15(18)19-16(2,3)4/h5,7-8,11,14H,6,9-10H2,1-4H3. The minimum Gasteiger partial charge on any atom is -0.444 e. The summed E-state index contributed by atoms with van der Waals surface area (Å²) in [5, 5.41) is 0. The van der Waals surface area contributed by atoms with Crippen LogP contribution in [-0.4, -0.2) is 23.1 Å². The zero-order valence-corrected chi connectivity index (χ0v) is 12.3. The van der Waals surface area contributed by atoms with Gasteiger partial charge in [0.25, 0.3) is 0 Å². The highest BCUT2D eigenvalue weighted by Gasteiger charge is 2.32. The fourth-order valence-electron chi connectivity index (χ4n) is 2.53. The van der Waals surface area contributed by atoms with E-state index in [-0.39, 0.29) is 12.1 Å². The Hall–Kier alpha value is -1.51. The van der Waals surface area contributed by atoms with Gasteiger partial charge in [0, 0.05) is 6.54 Å². The van der Waals surface area contributed by atoms with Gasteiger partial charge in [-0.3, -0.25) is 0 Å². The summed E-state index contributed by atoms with van der Waals surface area (Å²) in [5.74, 6) is 0. The number of likely N-dealkylation sites (tertiary alicyclic amines) is 1. The van der Waals surface area contributed by atoms with Gasteiger partial charge in [0.2, 0.25) is 0 Å². The molecule has 1 aromatic rings. The Bertz CT molecular complexity index is 462. The van der Waals surface area contributed by atoms with Crippen molar-refractivity contribution in [1.29, 1.82) is 0 Å². The second kappa shape index (κ2) is 5.24. The van der Waals surface area contributed by atoms with Crippen LogP contribution in [0.5, 0.6) is 0 Å². The van der Waals surface area contributed by atoms with Crippen LogP contribution >= 0.6 is 0 Å². The van der Waals surface area contributed by atoms with Crippen molar-refractivity contribution >= 4 is 6.09 Å². The lowest BCUT2D eigenvalue weighted by molar-refractivity contribution is 0.0224. The van der Waals surface area contributed by atoms with Crippen LogP contribution in [0.25, 0.3) is 0 Å². The van der Waals surface area contributed by atoms with Crippen molar-refractivity contribution in [3.8, 4) is 0 Å². The molecule has 3 nitrogen and oxygen atoms in total. The Morgan fingerprint density at radius 3 is 2.74 bits per heavy atom.